The highest BCUT2D eigenvalue weighted by molar-refractivity contribution is 6.05. The summed E-state index contributed by atoms with van der Waals surface area (Å²) in [5.74, 6) is 0.315. The number of fused-ring (bicyclic) bond motifs is 1. The zero-order chi connectivity index (χ0) is 26.2. The van der Waals surface area contributed by atoms with Gasteiger partial charge in [-0.1, -0.05) is 6.07 Å². The third kappa shape index (κ3) is 4.80. The van der Waals surface area contributed by atoms with E-state index in [2.05, 4.69) is 5.32 Å². The molecule has 1 amide bonds. The maximum Gasteiger partial charge on any atom is 0.360 e. The van der Waals surface area contributed by atoms with Crippen LogP contribution >= 0.6 is 0 Å². The summed E-state index contributed by atoms with van der Waals surface area (Å²) in [6, 6.07) is 11.3. The van der Waals surface area contributed by atoms with Crippen LogP contribution in [0.5, 0.6) is 11.5 Å². The van der Waals surface area contributed by atoms with Crippen LogP contribution in [0.15, 0.2) is 51.7 Å². The number of aliphatic hydroxyl groups excluding tert-OH is 2. The molecule has 3 aromatic rings. The molecule has 4 atom stereocenters. The number of amides is 1. The van der Waals surface area contributed by atoms with Crippen molar-refractivity contribution in [3.05, 3.63) is 64.0 Å². The van der Waals surface area contributed by atoms with Gasteiger partial charge in [-0.3, -0.25) is 4.79 Å². The standard InChI is InChI=1S/C26H29NO9/c1-13-18(34-25-20(29)19(28)22(33-5)26(2,3)36-25)10-9-14-12-17(24(31)35-21(13)14)27-23(30)15-7-6-8-16(11-15)32-4/h6-12,19-20,22,25,28-29H,1-5H3,(H,27,30)/t19-,20-,22+,25+/m0/s1. The van der Waals surface area contributed by atoms with Gasteiger partial charge in [0.15, 0.2) is 0 Å². The quantitative estimate of drug-likeness (QED) is 0.437. The summed E-state index contributed by atoms with van der Waals surface area (Å²) in [4.78, 5) is 25.3. The number of aliphatic hydroxyl groups is 2. The summed E-state index contributed by atoms with van der Waals surface area (Å²) < 4.78 is 27.7. The minimum Gasteiger partial charge on any atom is -0.497 e. The van der Waals surface area contributed by atoms with E-state index in [1.54, 1.807) is 57.2 Å². The summed E-state index contributed by atoms with van der Waals surface area (Å²) in [5.41, 5.74) is -0.660. The molecular formula is C26H29NO9. The molecule has 4 rings (SSSR count). The lowest BCUT2D eigenvalue weighted by molar-refractivity contribution is -0.306. The molecule has 0 unspecified atom stereocenters. The Kier molecular flexibility index (Phi) is 7.05. The molecular weight excluding hydrogens is 470 g/mol. The van der Waals surface area contributed by atoms with Crippen LogP contribution in [-0.2, 0) is 9.47 Å². The summed E-state index contributed by atoms with van der Waals surface area (Å²) >= 11 is 0. The van der Waals surface area contributed by atoms with Crippen LogP contribution in [0.1, 0.15) is 29.8 Å². The van der Waals surface area contributed by atoms with Gasteiger partial charge in [-0.25, -0.2) is 4.79 Å². The zero-order valence-electron chi connectivity index (χ0n) is 20.6. The van der Waals surface area contributed by atoms with Crippen LogP contribution in [0.4, 0.5) is 5.69 Å². The lowest BCUT2D eigenvalue weighted by atomic mass is 9.89. The Morgan fingerprint density at radius 2 is 1.83 bits per heavy atom. The number of hydrogen-bond acceptors (Lipinski definition) is 9. The Bertz CT molecular complexity index is 1330. The molecule has 1 aromatic heterocycles. The molecule has 0 spiro atoms. The summed E-state index contributed by atoms with van der Waals surface area (Å²) in [6.45, 7) is 5.13. The van der Waals surface area contributed by atoms with Crippen molar-refractivity contribution in [2.24, 2.45) is 0 Å². The zero-order valence-corrected chi connectivity index (χ0v) is 20.6. The first-order valence-corrected chi connectivity index (χ1v) is 11.3. The van der Waals surface area contributed by atoms with Crippen LogP contribution in [0, 0.1) is 6.92 Å². The summed E-state index contributed by atoms with van der Waals surface area (Å²) in [5, 5.41) is 24.1. The number of anilines is 1. The number of ether oxygens (including phenoxy) is 4. The van der Waals surface area contributed by atoms with Gasteiger partial charge in [0.1, 0.15) is 41.1 Å². The molecule has 1 fully saturated rings. The lowest BCUT2D eigenvalue weighted by Gasteiger charge is -2.46. The SMILES string of the molecule is COc1cccc(C(=O)Nc2cc3ccc(O[C@@H]4OC(C)(C)[C@H](OC)[C@@H](O)[C@@H]4O)c(C)c3oc2=O)c1. The molecule has 0 aliphatic carbocycles. The molecule has 10 heteroatoms. The van der Waals surface area contributed by atoms with Gasteiger partial charge in [0, 0.05) is 23.6 Å². The van der Waals surface area contributed by atoms with E-state index in [1.165, 1.54) is 20.3 Å². The van der Waals surface area contributed by atoms with Crippen LogP contribution < -0.4 is 20.4 Å². The number of nitrogens with one attached hydrogen (secondary N) is 1. The van der Waals surface area contributed by atoms with Crippen molar-refractivity contribution in [1.82, 2.24) is 0 Å². The summed E-state index contributed by atoms with van der Waals surface area (Å²) in [7, 11) is 2.92. The van der Waals surface area contributed by atoms with Gasteiger partial charge in [0.25, 0.3) is 5.91 Å². The Hall–Kier alpha value is -3.44. The Balaban J connectivity index is 1.59. The number of carbonyl (C=O) groups excluding carboxylic acids is 1. The summed E-state index contributed by atoms with van der Waals surface area (Å²) in [6.07, 6.45) is -4.56. The minimum atomic E-state index is -1.38. The highest BCUT2D eigenvalue weighted by Gasteiger charge is 2.50. The van der Waals surface area contributed by atoms with Gasteiger partial charge in [-0.05, 0) is 57.2 Å². The van der Waals surface area contributed by atoms with Crippen molar-refractivity contribution >= 4 is 22.6 Å². The molecule has 36 heavy (non-hydrogen) atoms. The van der Waals surface area contributed by atoms with E-state index in [0.717, 1.165) is 0 Å². The maximum absolute atomic E-state index is 12.7. The van der Waals surface area contributed by atoms with Gasteiger partial charge in [-0.15, -0.1) is 0 Å². The fourth-order valence-electron chi connectivity index (χ4n) is 4.31. The highest BCUT2D eigenvalue weighted by atomic mass is 16.7. The fourth-order valence-corrected chi connectivity index (χ4v) is 4.31. The van der Waals surface area contributed by atoms with Gasteiger partial charge < -0.3 is 38.9 Å². The lowest BCUT2D eigenvalue weighted by Crippen LogP contribution is -2.63. The van der Waals surface area contributed by atoms with E-state index in [-0.39, 0.29) is 11.3 Å². The third-order valence-electron chi connectivity index (χ3n) is 6.22. The number of hydrogen-bond donors (Lipinski definition) is 3. The van der Waals surface area contributed by atoms with Crippen LogP contribution in [-0.4, -0.2) is 60.5 Å². The Morgan fingerprint density at radius 1 is 1.08 bits per heavy atom. The van der Waals surface area contributed by atoms with Gasteiger partial charge in [0.2, 0.25) is 6.29 Å². The number of carbonyl (C=O) groups is 1. The fraction of sp³-hybridized carbons (Fsp3) is 0.385. The van der Waals surface area contributed by atoms with Gasteiger partial charge in [0.05, 0.1) is 12.7 Å². The van der Waals surface area contributed by atoms with Gasteiger partial charge >= 0.3 is 5.63 Å². The number of rotatable bonds is 6. The first-order chi connectivity index (χ1) is 17.1. The van der Waals surface area contributed by atoms with Crippen LogP contribution in [0.2, 0.25) is 0 Å². The average Bonchev–Trinajstić information content (AvgIpc) is 2.85. The molecule has 192 valence electrons. The van der Waals surface area contributed by atoms with Crippen molar-refractivity contribution in [3.8, 4) is 11.5 Å². The number of benzene rings is 2. The molecule has 1 saturated heterocycles. The molecule has 0 saturated carbocycles. The first kappa shape index (κ1) is 25.6. The maximum atomic E-state index is 12.7. The Morgan fingerprint density at radius 3 is 2.53 bits per heavy atom. The second kappa shape index (κ2) is 9.90. The number of aryl methyl sites for hydroxylation is 1. The molecule has 0 radical (unpaired) electrons. The first-order valence-electron chi connectivity index (χ1n) is 11.3. The third-order valence-corrected chi connectivity index (χ3v) is 6.22. The van der Waals surface area contributed by atoms with E-state index in [1.807, 2.05) is 0 Å². The van der Waals surface area contributed by atoms with Gasteiger partial charge in [-0.2, -0.15) is 0 Å². The monoisotopic (exact) mass is 499 g/mol. The molecule has 2 heterocycles. The molecule has 2 aromatic carbocycles. The minimum absolute atomic E-state index is 0.0232. The van der Waals surface area contributed by atoms with E-state index >= 15 is 0 Å². The molecule has 0 bridgehead atoms. The Labute approximate surface area is 207 Å². The van der Waals surface area contributed by atoms with E-state index in [0.29, 0.717) is 28.0 Å². The van der Waals surface area contributed by atoms with E-state index in [9.17, 15) is 19.8 Å². The van der Waals surface area contributed by atoms with Crippen molar-refractivity contribution in [2.75, 3.05) is 19.5 Å². The second-order valence-electron chi connectivity index (χ2n) is 9.09. The van der Waals surface area contributed by atoms with Crippen molar-refractivity contribution < 1.29 is 38.4 Å². The smallest absolute Gasteiger partial charge is 0.360 e. The van der Waals surface area contributed by atoms with Crippen molar-refractivity contribution in [2.45, 2.75) is 51.0 Å². The predicted octanol–water partition coefficient (Wildman–Crippen LogP) is 2.61. The topological polar surface area (TPSA) is 137 Å². The molecule has 1 aliphatic rings. The largest absolute Gasteiger partial charge is 0.497 e. The molecule has 3 N–H and O–H groups in total. The van der Waals surface area contributed by atoms with E-state index < -0.39 is 41.7 Å². The second-order valence-corrected chi connectivity index (χ2v) is 9.09. The number of methoxy groups -OCH3 is 2. The predicted molar refractivity (Wildman–Crippen MR) is 131 cm³/mol. The van der Waals surface area contributed by atoms with Crippen LogP contribution in [0.3, 0.4) is 0 Å². The molecule has 10 nitrogen and oxygen atoms in total. The van der Waals surface area contributed by atoms with Crippen molar-refractivity contribution in [1.29, 1.82) is 0 Å². The highest BCUT2D eigenvalue weighted by Crippen LogP contribution is 2.35. The van der Waals surface area contributed by atoms with E-state index in [4.69, 9.17) is 23.4 Å². The van der Waals surface area contributed by atoms with Crippen molar-refractivity contribution in [3.63, 3.8) is 0 Å². The van der Waals surface area contributed by atoms with Crippen LogP contribution in [0.25, 0.3) is 11.0 Å². The normalized spacial score (nSPS) is 23.3. The molecule has 1 aliphatic heterocycles. The average molecular weight is 500 g/mol.